The maximum Gasteiger partial charge on any atom is 0.248 e. The van der Waals surface area contributed by atoms with Crippen LogP contribution in [0.4, 0.5) is 22.0 Å². The van der Waals surface area contributed by atoms with Crippen molar-refractivity contribution in [2.24, 2.45) is 5.10 Å². The van der Waals surface area contributed by atoms with Crippen molar-refractivity contribution in [3.05, 3.63) is 35.8 Å². The number of hydrazone groups is 1. The van der Waals surface area contributed by atoms with Gasteiger partial charge < -0.3 is 24.8 Å². The third kappa shape index (κ3) is 6.31. The average Bonchev–Trinajstić information content (AvgIpc) is 3.63. The molecule has 1 aliphatic carbocycles. The second-order valence-electron chi connectivity index (χ2n) is 11.2. The third-order valence-corrected chi connectivity index (χ3v) is 10.5. The Balaban J connectivity index is 1.49. The molecular weight excluding hydrogens is 637 g/mol. The maximum absolute atomic E-state index is 14.2. The van der Waals surface area contributed by atoms with Gasteiger partial charge in [-0.25, -0.2) is 26.6 Å². The van der Waals surface area contributed by atoms with E-state index in [9.17, 15) is 37.3 Å². The van der Waals surface area contributed by atoms with Crippen LogP contribution in [0, 0.1) is 17.5 Å². The molecule has 8 atom stereocenters. The van der Waals surface area contributed by atoms with E-state index >= 15 is 0 Å². The van der Waals surface area contributed by atoms with Gasteiger partial charge in [-0.1, -0.05) is 5.21 Å². The summed E-state index contributed by atoms with van der Waals surface area (Å²) >= 11 is 7.73. The Hall–Kier alpha value is -2.08. The van der Waals surface area contributed by atoms with Gasteiger partial charge >= 0.3 is 0 Å². The lowest BCUT2D eigenvalue weighted by atomic mass is 9.78. The minimum atomic E-state index is -2.92. The molecule has 1 saturated carbocycles. The lowest BCUT2D eigenvalue weighted by molar-refractivity contribution is -0.186. The molecule has 0 radical (unpaired) electrons. The summed E-state index contributed by atoms with van der Waals surface area (Å²) in [7, 11) is 1.34. The van der Waals surface area contributed by atoms with E-state index in [-0.39, 0.29) is 24.1 Å². The topological polar surface area (TPSA) is 125 Å². The van der Waals surface area contributed by atoms with Crippen LogP contribution in [0.15, 0.2) is 23.4 Å². The Morgan fingerprint density at radius 3 is 2.43 bits per heavy atom. The number of nitrogens with zero attached hydrogens (tertiary/aromatic N) is 5. The van der Waals surface area contributed by atoms with E-state index in [1.165, 1.54) is 24.2 Å². The van der Waals surface area contributed by atoms with Gasteiger partial charge in [-0.3, -0.25) is 5.01 Å². The highest BCUT2D eigenvalue weighted by atomic mass is 35.5. The number of halogens is 6. The number of hydrogen-bond acceptors (Lipinski definition) is 10. The smallest absolute Gasteiger partial charge is 0.248 e. The first-order valence-electron chi connectivity index (χ1n) is 14.1. The van der Waals surface area contributed by atoms with Crippen LogP contribution in [-0.4, -0.2) is 114 Å². The van der Waals surface area contributed by atoms with Crippen molar-refractivity contribution in [3.8, 4) is 11.3 Å². The molecule has 0 amide bonds. The standard InChI is InChI=1S/C27H33ClF5N5O5S/c1-3-37-20(14(28)10-34-37)24(26(41)4-6-27(32,33)7-5-26)44-25-23(42-2)21(22(40)18(12-39)43-25)38-11-17(35-36-38)13-8-15(29)19(31)16(30)9-13/h8-11,14,18,20-25,39-41H,3-7,12H2,1-2H3/t14?,18-,20?,21+,22+,23-,24?,25+/m1/s1. The van der Waals surface area contributed by atoms with E-state index in [1.54, 1.807) is 5.01 Å². The molecular formula is C27H33ClF5N5O5S. The summed E-state index contributed by atoms with van der Waals surface area (Å²) < 4.78 is 82.8. The molecule has 17 heteroatoms. The van der Waals surface area contributed by atoms with Gasteiger partial charge in [-0.05, 0) is 31.9 Å². The molecule has 1 aromatic heterocycles. The lowest BCUT2D eigenvalue weighted by Crippen LogP contribution is -2.60. The Morgan fingerprint density at radius 2 is 1.84 bits per heavy atom. The SMILES string of the molecule is CCN1N=CC(Cl)C1C(S[C@@H]1O[C@H](CO)[C@H](O)[C@H](n2cc(-c3cc(F)c(F)c(F)c3)nn2)[C@H]1OC)C1(O)CCC(F)(F)CC1. The van der Waals surface area contributed by atoms with Gasteiger partial charge in [0.1, 0.15) is 35.5 Å². The molecule has 10 nitrogen and oxygen atoms in total. The number of benzene rings is 1. The quantitative estimate of drug-likeness (QED) is 0.210. The zero-order valence-corrected chi connectivity index (χ0v) is 25.3. The Labute approximate surface area is 259 Å². The summed E-state index contributed by atoms with van der Waals surface area (Å²) in [6.07, 6.45) is -2.33. The molecule has 3 unspecified atom stereocenters. The predicted octanol–water partition coefficient (Wildman–Crippen LogP) is 3.34. The number of methoxy groups -OCH3 is 1. The van der Waals surface area contributed by atoms with E-state index in [1.807, 2.05) is 6.92 Å². The van der Waals surface area contributed by atoms with Gasteiger partial charge in [0.25, 0.3) is 0 Å². The second-order valence-corrected chi connectivity index (χ2v) is 13.0. The van der Waals surface area contributed by atoms with Crippen molar-refractivity contribution in [1.29, 1.82) is 0 Å². The number of alkyl halides is 3. The van der Waals surface area contributed by atoms with E-state index in [0.29, 0.717) is 6.54 Å². The Bertz CT molecular complexity index is 1330. The Morgan fingerprint density at radius 1 is 1.18 bits per heavy atom. The molecule has 3 N–H and O–H groups in total. The number of aliphatic hydroxyl groups is 3. The maximum atomic E-state index is 14.2. The molecule has 44 heavy (non-hydrogen) atoms. The van der Waals surface area contributed by atoms with E-state index in [4.69, 9.17) is 21.1 Å². The molecule has 2 aliphatic heterocycles. The zero-order chi connectivity index (χ0) is 32.0. The summed E-state index contributed by atoms with van der Waals surface area (Å²) in [5.74, 6) is -7.41. The minimum Gasteiger partial charge on any atom is -0.394 e. The van der Waals surface area contributed by atoms with Gasteiger partial charge in [0, 0.05) is 38.3 Å². The van der Waals surface area contributed by atoms with Crippen LogP contribution in [-0.2, 0) is 9.47 Å². The second kappa shape index (κ2) is 13.0. The molecule has 0 spiro atoms. The van der Waals surface area contributed by atoms with Crippen molar-refractivity contribution in [2.45, 2.75) is 90.6 Å². The highest BCUT2D eigenvalue weighted by molar-refractivity contribution is 8.00. The minimum absolute atomic E-state index is 0.0388. The number of aliphatic hydroxyl groups excluding tert-OH is 2. The van der Waals surface area contributed by atoms with E-state index in [2.05, 4.69) is 15.4 Å². The van der Waals surface area contributed by atoms with Crippen LogP contribution in [0.1, 0.15) is 38.6 Å². The Kier molecular flexibility index (Phi) is 9.81. The molecule has 244 valence electrons. The fourth-order valence-electron chi connectivity index (χ4n) is 6.08. The summed E-state index contributed by atoms with van der Waals surface area (Å²) in [6, 6.07) is -0.204. The van der Waals surface area contributed by atoms with Crippen LogP contribution in [0.5, 0.6) is 0 Å². The molecule has 3 heterocycles. The molecule has 1 aromatic carbocycles. The van der Waals surface area contributed by atoms with Crippen molar-refractivity contribution in [3.63, 3.8) is 0 Å². The molecule has 0 bridgehead atoms. The molecule has 3 aliphatic rings. The lowest BCUT2D eigenvalue weighted by Gasteiger charge is -2.49. The summed E-state index contributed by atoms with van der Waals surface area (Å²) in [5, 5.41) is 45.7. The first kappa shape index (κ1) is 33.3. The molecule has 2 aromatic rings. The molecule has 1 saturated heterocycles. The van der Waals surface area contributed by atoms with Crippen LogP contribution in [0.25, 0.3) is 11.3 Å². The van der Waals surface area contributed by atoms with Crippen molar-refractivity contribution in [2.75, 3.05) is 20.3 Å². The summed E-state index contributed by atoms with van der Waals surface area (Å²) in [5.41, 5.74) is -2.77. The molecule has 5 rings (SSSR count). The van der Waals surface area contributed by atoms with Crippen molar-refractivity contribution in [1.82, 2.24) is 20.0 Å². The van der Waals surface area contributed by atoms with Crippen LogP contribution in [0.3, 0.4) is 0 Å². The van der Waals surface area contributed by atoms with Crippen molar-refractivity contribution < 1.29 is 46.7 Å². The van der Waals surface area contributed by atoms with Gasteiger partial charge in [0.15, 0.2) is 17.5 Å². The predicted molar refractivity (Wildman–Crippen MR) is 151 cm³/mol. The fraction of sp³-hybridized carbons (Fsp3) is 0.667. The van der Waals surface area contributed by atoms with E-state index in [0.717, 1.165) is 23.9 Å². The average molecular weight is 670 g/mol. The van der Waals surface area contributed by atoms with Crippen LogP contribution in [0.2, 0.25) is 0 Å². The number of hydrogen-bond donors (Lipinski definition) is 3. The first-order chi connectivity index (χ1) is 20.8. The van der Waals surface area contributed by atoms with Gasteiger partial charge in [0.05, 0.1) is 35.1 Å². The molecule has 2 fully saturated rings. The van der Waals surface area contributed by atoms with Crippen molar-refractivity contribution >= 4 is 29.6 Å². The fourth-order valence-corrected chi connectivity index (χ4v) is 8.37. The van der Waals surface area contributed by atoms with Crippen LogP contribution < -0.4 is 0 Å². The first-order valence-corrected chi connectivity index (χ1v) is 15.4. The number of rotatable bonds is 9. The number of ether oxygens (including phenoxy) is 2. The van der Waals surface area contributed by atoms with Gasteiger partial charge in [-0.2, -0.15) is 5.10 Å². The highest BCUT2D eigenvalue weighted by Gasteiger charge is 2.56. The van der Waals surface area contributed by atoms with E-state index < -0.39 is 94.9 Å². The zero-order valence-electron chi connectivity index (χ0n) is 23.7. The van der Waals surface area contributed by atoms with Gasteiger partial charge in [0.2, 0.25) is 5.92 Å². The van der Waals surface area contributed by atoms with Gasteiger partial charge in [-0.15, -0.1) is 28.5 Å². The number of thioether (sulfide) groups is 1. The summed E-state index contributed by atoms with van der Waals surface area (Å²) in [4.78, 5) is 0. The normalized spacial score (nSPS) is 32.2. The monoisotopic (exact) mass is 669 g/mol. The summed E-state index contributed by atoms with van der Waals surface area (Å²) in [6.45, 7) is 1.62. The third-order valence-electron chi connectivity index (χ3n) is 8.51. The number of aromatic nitrogens is 3. The highest BCUT2D eigenvalue weighted by Crippen LogP contribution is 2.49. The van der Waals surface area contributed by atoms with Crippen LogP contribution >= 0.6 is 23.4 Å². The largest absolute Gasteiger partial charge is 0.394 e.